The SMILES string of the molecule is CCCCNCc1c(C2=C(CN(C)C)C=CC2)ccc2ccccc12. The van der Waals surface area contributed by atoms with Crippen molar-refractivity contribution in [2.45, 2.75) is 32.7 Å². The first kappa shape index (κ1) is 17.9. The summed E-state index contributed by atoms with van der Waals surface area (Å²) in [5.41, 5.74) is 5.82. The molecule has 0 amide bonds. The Morgan fingerprint density at radius 2 is 1.92 bits per heavy atom. The van der Waals surface area contributed by atoms with Gasteiger partial charge in [-0.15, -0.1) is 0 Å². The number of nitrogens with one attached hydrogen (secondary N) is 1. The van der Waals surface area contributed by atoms with Crippen LogP contribution in [0.15, 0.2) is 54.1 Å². The lowest BCUT2D eigenvalue weighted by atomic mass is 9.91. The molecule has 1 aliphatic rings. The normalized spacial score (nSPS) is 14.2. The van der Waals surface area contributed by atoms with Gasteiger partial charge in [-0.2, -0.15) is 0 Å². The van der Waals surface area contributed by atoms with Gasteiger partial charge in [0.15, 0.2) is 0 Å². The molecule has 0 aromatic heterocycles. The van der Waals surface area contributed by atoms with E-state index >= 15 is 0 Å². The number of benzene rings is 2. The van der Waals surface area contributed by atoms with Gasteiger partial charge in [0.25, 0.3) is 0 Å². The highest BCUT2D eigenvalue weighted by molar-refractivity contribution is 5.91. The van der Waals surface area contributed by atoms with Gasteiger partial charge >= 0.3 is 0 Å². The summed E-state index contributed by atoms with van der Waals surface area (Å²) in [4.78, 5) is 2.26. The van der Waals surface area contributed by atoms with Gasteiger partial charge in [-0.1, -0.05) is 61.9 Å². The maximum absolute atomic E-state index is 3.66. The summed E-state index contributed by atoms with van der Waals surface area (Å²) in [5.74, 6) is 0. The third-order valence-corrected chi connectivity index (χ3v) is 4.89. The third kappa shape index (κ3) is 4.20. The van der Waals surface area contributed by atoms with Crippen LogP contribution in [0.1, 0.15) is 37.3 Å². The van der Waals surface area contributed by atoms with Crippen LogP contribution in [-0.2, 0) is 6.54 Å². The van der Waals surface area contributed by atoms with Crippen LogP contribution in [0.25, 0.3) is 16.3 Å². The maximum Gasteiger partial charge on any atom is 0.0230 e. The average molecular weight is 335 g/mol. The summed E-state index contributed by atoms with van der Waals surface area (Å²) in [5, 5.41) is 6.38. The highest BCUT2D eigenvalue weighted by Crippen LogP contribution is 2.34. The van der Waals surface area contributed by atoms with Crippen molar-refractivity contribution >= 4 is 16.3 Å². The molecule has 0 atom stereocenters. The molecule has 25 heavy (non-hydrogen) atoms. The van der Waals surface area contributed by atoms with Crippen molar-refractivity contribution in [3.8, 4) is 0 Å². The molecule has 0 heterocycles. The van der Waals surface area contributed by atoms with Gasteiger partial charge < -0.3 is 10.2 Å². The Morgan fingerprint density at radius 1 is 1.08 bits per heavy atom. The number of unbranched alkanes of at least 4 members (excludes halogenated alkanes) is 1. The summed E-state index contributed by atoms with van der Waals surface area (Å²) in [6, 6.07) is 13.4. The molecule has 132 valence electrons. The number of hydrogen-bond acceptors (Lipinski definition) is 2. The molecular weight excluding hydrogens is 304 g/mol. The molecule has 3 rings (SSSR count). The molecular formula is C23H30N2. The zero-order valence-corrected chi connectivity index (χ0v) is 15.8. The van der Waals surface area contributed by atoms with E-state index in [4.69, 9.17) is 0 Å². The maximum atomic E-state index is 3.66. The van der Waals surface area contributed by atoms with Crippen molar-refractivity contribution in [2.75, 3.05) is 27.2 Å². The number of hydrogen-bond donors (Lipinski definition) is 1. The highest BCUT2D eigenvalue weighted by Gasteiger charge is 2.17. The van der Waals surface area contributed by atoms with E-state index in [2.05, 4.69) is 79.8 Å². The fourth-order valence-electron chi connectivity index (χ4n) is 3.65. The van der Waals surface area contributed by atoms with E-state index in [-0.39, 0.29) is 0 Å². The zero-order valence-electron chi connectivity index (χ0n) is 15.8. The van der Waals surface area contributed by atoms with Gasteiger partial charge in [-0.05, 0) is 66.5 Å². The van der Waals surface area contributed by atoms with Gasteiger partial charge in [0.2, 0.25) is 0 Å². The fraction of sp³-hybridized carbons (Fsp3) is 0.391. The van der Waals surface area contributed by atoms with Crippen molar-refractivity contribution in [3.05, 3.63) is 65.3 Å². The Hall–Kier alpha value is -1.90. The van der Waals surface area contributed by atoms with E-state index in [0.717, 1.165) is 26.1 Å². The molecule has 0 unspecified atom stereocenters. The molecule has 2 nitrogen and oxygen atoms in total. The fourth-order valence-corrected chi connectivity index (χ4v) is 3.65. The molecule has 0 radical (unpaired) electrons. The Balaban J connectivity index is 2.02. The van der Waals surface area contributed by atoms with Crippen LogP contribution in [0.4, 0.5) is 0 Å². The predicted octanol–water partition coefficient (Wildman–Crippen LogP) is 5.00. The second-order valence-electron chi connectivity index (χ2n) is 7.19. The molecule has 0 saturated heterocycles. The topological polar surface area (TPSA) is 15.3 Å². The molecule has 0 aliphatic heterocycles. The molecule has 0 bridgehead atoms. The van der Waals surface area contributed by atoms with E-state index in [1.807, 2.05) is 0 Å². The van der Waals surface area contributed by atoms with Crippen molar-refractivity contribution in [1.29, 1.82) is 0 Å². The van der Waals surface area contributed by atoms with E-state index in [1.165, 1.54) is 45.9 Å². The molecule has 0 spiro atoms. The standard InChI is InChI=1S/C23H30N2/c1-4-5-15-24-16-23-20-11-7-6-9-18(20)13-14-22(23)21-12-8-10-19(21)17-25(2)3/h6-11,13-14,24H,4-5,12,15-17H2,1-3H3. The van der Waals surface area contributed by atoms with Gasteiger partial charge in [0, 0.05) is 13.1 Å². The van der Waals surface area contributed by atoms with Crippen LogP contribution in [0, 0.1) is 0 Å². The minimum Gasteiger partial charge on any atom is -0.313 e. The van der Waals surface area contributed by atoms with Crippen molar-refractivity contribution in [3.63, 3.8) is 0 Å². The summed E-state index contributed by atoms with van der Waals surface area (Å²) in [6.07, 6.45) is 8.12. The largest absolute Gasteiger partial charge is 0.313 e. The lowest BCUT2D eigenvalue weighted by Gasteiger charge is -2.18. The lowest BCUT2D eigenvalue weighted by Crippen LogP contribution is -2.17. The van der Waals surface area contributed by atoms with Gasteiger partial charge in [0.1, 0.15) is 0 Å². The highest BCUT2D eigenvalue weighted by atomic mass is 15.0. The molecule has 0 saturated carbocycles. The van der Waals surface area contributed by atoms with Crippen LogP contribution in [0.2, 0.25) is 0 Å². The molecule has 2 aromatic carbocycles. The smallest absolute Gasteiger partial charge is 0.0230 e. The van der Waals surface area contributed by atoms with Crippen LogP contribution >= 0.6 is 0 Å². The minimum atomic E-state index is 0.940. The van der Waals surface area contributed by atoms with Crippen molar-refractivity contribution in [1.82, 2.24) is 10.2 Å². The van der Waals surface area contributed by atoms with Crippen LogP contribution in [-0.4, -0.2) is 32.1 Å². The number of nitrogens with zero attached hydrogens (tertiary/aromatic N) is 1. The van der Waals surface area contributed by atoms with E-state index in [9.17, 15) is 0 Å². The first-order valence-electron chi connectivity index (χ1n) is 9.45. The third-order valence-electron chi connectivity index (χ3n) is 4.89. The van der Waals surface area contributed by atoms with Crippen molar-refractivity contribution < 1.29 is 0 Å². The van der Waals surface area contributed by atoms with Crippen LogP contribution in [0.5, 0.6) is 0 Å². The second kappa shape index (κ2) is 8.46. The summed E-state index contributed by atoms with van der Waals surface area (Å²) >= 11 is 0. The average Bonchev–Trinajstić information content (AvgIpc) is 3.05. The number of rotatable bonds is 8. The predicted molar refractivity (Wildman–Crippen MR) is 110 cm³/mol. The van der Waals surface area contributed by atoms with E-state index < -0.39 is 0 Å². The Labute approximate surface area is 152 Å². The zero-order chi connectivity index (χ0) is 17.6. The minimum absolute atomic E-state index is 0.940. The Kier molecular flexibility index (Phi) is 6.06. The molecule has 2 heteroatoms. The second-order valence-corrected chi connectivity index (χ2v) is 7.19. The molecule has 1 N–H and O–H groups in total. The summed E-state index contributed by atoms with van der Waals surface area (Å²) in [7, 11) is 4.29. The van der Waals surface area contributed by atoms with Crippen molar-refractivity contribution in [2.24, 2.45) is 0 Å². The van der Waals surface area contributed by atoms with Gasteiger partial charge in [-0.25, -0.2) is 0 Å². The van der Waals surface area contributed by atoms with E-state index in [0.29, 0.717) is 0 Å². The van der Waals surface area contributed by atoms with Gasteiger partial charge in [-0.3, -0.25) is 0 Å². The summed E-state index contributed by atoms with van der Waals surface area (Å²) < 4.78 is 0. The monoisotopic (exact) mass is 334 g/mol. The molecule has 1 aliphatic carbocycles. The molecule has 2 aromatic rings. The quantitative estimate of drug-likeness (QED) is 0.683. The summed E-state index contributed by atoms with van der Waals surface area (Å²) in [6.45, 7) is 5.27. The lowest BCUT2D eigenvalue weighted by molar-refractivity contribution is 0.450. The Bertz CT molecular complexity index is 784. The van der Waals surface area contributed by atoms with Crippen LogP contribution < -0.4 is 5.32 Å². The van der Waals surface area contributed by atoms with Crippen LogP contribution in [0.3, 0.4) is 0 Å². The number of allylic oxidation sites excluding steroid dienone is 2. The number of fused-ring (bicyclic) bond motifs is 1. The van der Waals surface area contributed by atoms with Gasteiger partial charge in [0.05, 0.1) is 0 Å². The number of likely N-dealkylation sites (N-methyl/N-ethyl adjacent to an activating group) is 1. The first-order valence-corrected chi connectivity index (χ1v) is 9.45. The molecule has 0 fully saturated rings. The first-order chi connectivity index (χ1) is 12.2. The Morgan fingerprint density at radius 3 is 2.72 bits per heavy atom. The van der Waals surface area contributed by atoms with E-state index in [1.54, 1.807) is 0 Å².